The Labute approximate surface area is 125 Å². The molecule has 3 N–H and O–H groups in total. The van der Waals surface area contributed by atoms with E-state index < -0.39 is 10.0 Å². The zero-order valence-electron chi connectivity index (χ0n) is 11.8. The van der Waals surface area contributed by atoms with E-state index in [1.165, 1.54) is 0 Å². The number of nitrogens with one attached hydrogen (secondary N) is 1. The van der Waals surface area contributed by atoms with Crippen molar-refractivity contribution in [3.05, 3.63) is 18.2 Å². The molecule has 1 saturated heterocycles. The lowest BCUT2D eigenvalue weighted by Crippen LogP contribution is -2.32. The predicted molar refractivity (Wildman–Crippen MR) is 85.8 cm³/mol. The van der Waals surface area contributed by atoms with Gasteiger partial charge in [0.25, 0.3) is 0 Å². The molecular weight excluding hydrogens is 294 g/mol. The highest BCUT2D eigenvalue weighted by atomic mass is 32.2. The lowest BCUT2D eigenvalue weighted by atomic mass is 10.2. The van der Waals surface area contributed by atoms with E-state index in [-0.39, 0.29) is 4.90 Å². The van der Waals surface area contributed by atoms with E-state index in [1.807, 2.05) is 18.8 Å². The molecule has 1 atom stereocenters. The quantitative estimate of drug-likeness (QED) is 0.806. The SMILES string of the molecule is CCNS(=O)(=O)c1ccc(N)c(N(C)C2CCSC2)c1. The van der Waals surface area contributed by atoms with Crippen molar-refractivity contribution in [2.24, 2.45) is 0 Å². The first-order valence-electron chi connectivity index (χ1n) is 6.65. The molecule has 5 nitrogen and oxygen atoms in total. The first-order chi connectivity index (χ1) is 9.45. The minimum Gasteiger partial charge on any atom is -0.397 e. The Kier molecular flexibility index (Phi) is 4.82. The van der Waals surface area contributed by atoms with Crippen molar-refractivity contribution in [3.63, 3.8) is 0 Å². The van der Waals surface area contributed by atoms with Crippen molar-refractivity contribution in [3.8, 4) is 0 Å². The van der Waals surface area contributed by atoms with E-state index in [0.29, 0.717) is 18.3 Å². The van der Waals surface area contributed by atoms with Crippen LogP contribution in [0.15, 0.2) is 23.1 Å². The van der Waals surface area contributed by atoms with Gasteiger partial charge in [-0.25, -0.2) is 13.1 Å². The van der Waals surface area contributed by atoms with E-state index in [9.17, 15) is 8.42 Å². The number of benzene rings is 1. The van der Waals surface area contributed by atoms with E-state index in [1.54, 1.807) is 25.1 Å². The molecule has 1 aromatic rings. The molecule has 1 aliphatic heterocycles. The molecule has 2 rings (SSSR count). The molecule has 0 amide bonds. The summed E-state index contributed by atoms with van der Waals surface area (Å²) < 4.78 is 26.6. The number of rotatable bonds is 5. The summed E-state index contributed by atoms with van der Waals surface area (Å²) in [6.07, 6.45) is 1.10. The molecule has 1 aliphatic rings. The van der Waals surface area contributed by atoms with Crippen LogP contribution in [0.1, 0.15) is 13.3 Å². The van der Waals surface area contributed by atoms with Gasteiger partial charge >= 0.3 is 0 Å². The Morgan fingerprint density at radius 3 is 2.85 bits per heavy atom. The Bertz CT molecular complexity index is 569. The summed E-state index contributed by atoms with van der Waals surface area (Å²) >= 11 is 1.92. The normalized spacial score (nSPS) is 19.2. The van der Waals surface area contributed by atoms with Crippen molar-refractivity contribution in [2.45, 2.75) is 24.3 Å². The van der Waals surface area contributed by atoms with Crippen LogP contribution in [-0.2, 0) is 10.0 Å². The number of hydrogen-bond donors (Lipinski definition) is 2. The zero-order valence-corrected chi connectivity index (χ0v) is 13.4. The highest BCUT2D eigenvalue weighted by molar-refractivity contribution is 7.99. The molecule has 20 heavy (non-hydrogen) atoms. The van der Waals surface area contributed by atoms with Crippen LogP contribution in [0, 0.1) is 0 Å². The molecule has 0 spiro atoms. The highest BCUT2D eigenvalue weighted by Gasteiger charge is 2.23. The number of sulfonamides is 1. The lowest BCUT2D eigenvalue weighted by molar-refractivity contribution is 0.584. The monoisotopic (exact) mass is 315 g/mol. The van der Waals surface area contributed by atoms with Crippen LogP contribution in [0.4, 0.5) is 11.4 Å². The Morgan fingerprint density at radius 1 is 1.50 bits per heavy atom. The lowest BCUT2D eigenvalue weighted by Gasteiger charge is -2.27. The molecule has 0 bridgehead atoms. The minimum absolute atomic E-state index is 0.265. The fraction of sp³-hybridized carbons (Fsp3) is 0.538. The summed E-state index contributed by atoms with van der Waals surface area (Å²) in [5.41, 5.74) is 7.41. The Balaban J connectivity index is 2.33. The number of nitrogens with zero attached hydrogens (tertiary/aromatic N) is 1. The standard InChI is InChI=1S/C13H21N3O2S2/c1-3-15-20(17,18)11-4-5-12(14)13(8-11)16(2)10-6-7-19-9-10/h4-5,8,10,15H,3,6-7,9,14H2,1-2H3. The minimum atomic E-state index is -3.44. The summed E-state index contributed by atoms with van der Waals surface area (Å²) in [5.74, 6) is 2.20. The third-order valence-electron chi connectivity index (χ3n) is 3.48. The maximum Gasteiger partial charge on any atom is 0.240 e. The zero-order chi connectivity index (χ0) is 14.8. The van der Waals surface area contributed by atoms with E-state index in [0.717, 1.165) is 23.6 Å². The maximum absolute atomic E-state index is 12.1. The third kappa shape index (κ3) is 3.21. The number of anilines is 2. The maximum atomic E-state index is 12.1. The van der Waals surface area contributed by atoms with E-state index in [4.69, 9.17) is 5.73 Å². The molecule has 0 radical (unpaired) electrons. The summed E-state index contributed by atoms with van der Waals surface area (Å²) in [6.45, 7) is 2.13. The summed E-state index contributed by atoms with van der Waals surface area (Å²) in [6, 6.07) is 5.29. The molecule has 7 heteroatoms. The fourth-order valence-corrected chi connectivity index (χ4v) is 4.62. The fourth-order valence-electron chi connectivity index (χ4n) is 2.29. The second-order valence-electron chi connectivity index (χ2n) is 4.85. The first kappa shape index (κ1) is 15.5. The topological polar surface area (TPSA) is 75.4 Å². The average molecular weight is 315 g/mol. The average Bonchev–Trinajstić information content (AvgIpc) is 2.92. The predicted octanol–water partition coefficient (Wildman–Crippen LogP) is 1.51. The van der Waals surface area contributed by atoms with Crippen molar-refractivity contribution >= 4 is 33.2 Å². The molecule has 1 aromatic carbocycles. The molecule has 1 fully saturated rings. The molecule has 0 saturated carbocycles. The Morgan fingerprint density at radius 2 is 2.25 bits per heavy atom. The van der Waals surface area contributed by atoms with Gasteiger partial charge in [0.15, 0.2) is 0 Å². The second kappa shape index (κ2) is 6.24. The van der Waals surface area contributed by atoms with Gasteiger partial charge in [0, 0.05) is 25.4 Å². The van der Waals surface area contributed by atoms with Gasteiger partial charge in [-0.2, -0.15) is 11.8 Å². The van der Waals surface area contributed by atoms with Crippen LogP contribution in [0.2, 0.25) is 0 Å². The van der Waals surface area contributed by atoms with E-state index >= 15 is 0 Å². The van der Waals surface area contributed by atoms with Crippen LogP contribution in [-0.4, -0.2) is 39.6 Å². The van der Waals surface area contributed by atoms with Gasteiger partial charge in [0.1, 0.15) is 0 Å². The largest absolute Gasteiger partial charge is 0.397 e. The van der Waals surface area contributed by atoms with Crippen molar-refractivity contribution in [2.75, 3.05) is 35.7 Å². The molecular formula is C13H21N3O2S2. The molecule has 0 aliphatic carbocycles. The van der Waals surface area contributed by atoms with Gasteiger partial charge < -0.3 is 10.6 Å². The van der Waals surface area contributed by atoms with Crippen LogP contribution in [0.3, 0.4) is 0 Å². The van der Waals surface area contributed by atoms with Crippen LogP contribution in [0.5, 0.6) is 0 Å². The molecule has 112 valence electrons. The van der Waals surface area contributed by atoms with E-state index in [2.05, 4.69) is 9.62 Å². The van der Waals surface area contributed by atoms with Crippen LogP contribution >= 0.6 is 11.8 Å². The van der Waals surface area contributed by atoms with Crippen molar-refractivity contribution < 1.29 is 8.42 Å². The number of nitrogens with two attached hydrogens (primary N) is 1. The van der Waals surface area contributed by atoms with Crippen LogP contribution in [0.25, 0.3) is 0 Å². The van der Waals surface area contributed by atoms with Crippen molar-refractivity contribution in [1.29, 1.82) is 0 Å². The highest BCUT2D eigenvalue weighted by Crippen LogP contribution is 2.31. The summed E-state index contributed by atoms with van der Waals surface area (Å²) in [4.78, 5) is 2.36. The van der Waals surface area contributed by atoms with Crippen LogP contribution < -0.4 is 15.4 Å². The van der Waals surface area contributed by atoms with Gasteiger partial charge in [-0.3, -0.25) is 0 Å². The van der Waals surface area contributed by atoms with Gasteiger partial charge in [-0.1, -0.05) is 6.92 Å². The number of thioether (sulfide) groups is 1. The number of hydrogen-bond acceptors (Lipinski definition) is 5. The summed E-state index contributed by atoms with van der Waals surface area (Å²) in [7, 11) is -1.47. The third-order valence-corrected chi connectivity index (χ3v) is 6.17. The molecule has 1 heterocycles. The molecule has 0 aromatic heterocycles. The van der Waals surface area contributed by atoms with Gasteiger partial charge in [0.2, 0.25) is 10.0 Å². The summed E-state index contributed by atoms with van der Waals surface area (Å²) in [5, 5.41) is 0. The van der Waals surface area contributed by atoms with Crippen molar-refractivity contribution in [1.82, 2.24) is 4.72 Å². The van der Waals surface area contributed by atoms with Gasteiger partial charge in [-0.15, -0.1) is 0 Å². The Hall–Kier alpha value is -0.920. The van der Waals surface area contributed by atoms with Gasteiger partial charge in [-0.05, 0) is 30.4 Å². The smallest absolute Gasteiger partial charge is 0.240 e. The first-order valence-corrected chi connectivity index (χ1v) is 9.29. The molecule has 1 unspecified atom stereocenters. The number of nitrogen functional groups attached to an aromatic ring is 1. The van der Waals surface area contributed by atoms with Gasteiger partial charge in [0.05, 0.1) is 16.3 Å². The second-order valence-corrected chi connectivity index (χ2v) is 7.77.